The fourth-order valence-corrected chi connectivity index (χ4v) is 3.60. The monoisotopic (exact) mass is 508 g/mol. The van der Waals surface area contributed by atoms with Crippen molar-refractivity contribution in [3.63, 3.8) is 0 Å². The van der Waals surface area contributed by atoms with Crippen molar-refractivity contribution in [1.29, 1.82) is 0 Å². The van der Waals surface area contributed by atoms with Gasteiger partial charge in [0.05, 0.1) is 12.6 Å². The van der Waals surface area contributed by atoms with Crippen LogP contribution in [0.15, 0.2) is 0 Å². The second-order valence-electron chi connectivity index (χ2n) is 8.68. The quantitative estimate of drug-likeness (QED) is 0.0975. The smallest absolute Gasteiger partial charge is 0.325 e. The van der Waals surface area contributed by atoms with Crippen molar-refractivity contribution in [3.8, 4) is 0 Å². The number of nitrogens with two attached hydrogens (primary N) is 1. The SMILES string of the molecule is COC1(CCNCCCCC(N)C(=O)NC(C)C(=O)NC(C)C(=O)O)OC(CO)C(O)C(O)C1O. The lowest BCUT2D eigenvalue weighted by Crippen LogP contribution is -2.66. The third-order valence-electron chi connectivity index (χ3n) is 5.97. The highest BCUT2D eigenvalue weighted by Gasteiger charge is 2.53. The fourth-order valence-electron chi connectivity index (χ4n) is 3.60. The summed E-state index contributed by atoms with van der Waals surface area (Å²) in [6.07, 6.45) is -3.84. The Bertz CT molecular complexity index is 697. The third kappa shape index (κ3) is 8.91. The lowest BCUT2D eigenvalue weighted by atomic mass is 9.90. The van der Waals surface area contributed by atoms with E-state index in [1.807, 2.05) is 0 Å². The Morgan fingerprint density at radius 1 is 1.03 bits per heavy atom. The van der Waals surface area contributed by atoms with Gasteiger partial charge in [0.25, 0.3) is 0 Å². The minimum Gasteiger partial charge on any atom is -0.480 e. The Labute approximate surface area is 204 Å². The van der Waals surface area contributed by atoms with Crippen LogP contribution in [-0.2, 0) is 23.9 Å². The number of aliphatic hydroxyl groups is 4. The average Bonchev–Trinajstić information content (AvgIpc) is 2.82. The van der Waals surface area contributed by atoms with Gasteiger partial charge in [-0.25, -0.2) is 0 Å². The molecule has 8 atom stereocenters. The predicted octanol–water partition coefficient (Wildman–Crippen LogP) is -3.63. The van der Waals surface area contributed by atoms with E-state index < -0.39 is 72.7 Å². The Hall–Kier alpha value is -1.91. The number of rotatable bonds is 15. The summed E-state index contributed by atoms with van der Waals surface area (Å²) in [5.74, 6) is -3.93. The Morgan fingerprint density at radius 2 is 1.66 bits per heavy atom. The van der Waals surface area contributed by atoms with Gasteiger partial charge in [-0.2, -0.15) is 0 Å². The summed E-state index contributed by atoms with van der Waals surface area (Å²) in [6.45, 7) is 3.07. The zero-order chi connectivity index (χ0) is 26.8. The molecule has 1 fully saturated rings. The first-order valence-corrected chi connectivity index (χ1v) is 11.6. The van der Waals surface area contributed by atoms with E-state index in [0.29, 0.717) is 32.4 Å². The maximum absolute atomic E-state index is 12.2. The fraction of sp³-hybridized carbons (Fsp3) is 0.857. The van der Waals surface area contributed by atoms with Crippen LogP contribution >= 0.6 is 0 Å². The number of amides is 2. The number of aliphatic carboxylic acids is 1. The molecule has 0 radical (unpaired) electrons. The molecule has 0 aromatic heterocycles. The number of hydrogen-bond acceptors (Lipinski definition) is 11. The Kier molecular flexibility index (Phi) is 13.0. The number of carbonyl (C=O) groups is 3. The zero-order valence-electron chi connectivity index (χ0n) is 20.3. The minimum absolute atomic E-state index is 0.132. The van der Waals surface area contributed by atoms with Crippen LogP contribution in [0, 0.1) is 0 Å². The molecule has 35 heavy (non-hydrogen) atoms. The number of carboxylic acid groups (broad SMARTS) is 1. The molecule has 14 heteroatoms. The van der Waals surface area contributed by atoms with Crippen LogP contribution in [0.3, 0.4) is 0 Å². The second kappa shape index (κ2) is 14.6. The number of carbonyl (C=O) groups excluding carboxylic acids is 2. The van der Waals surface area contributed by atoms with E-state index in [-0.39, 0.29) is 6.42 Å². The Balaban J connectivity index is 2.32. The van der Waals surface area contributed by atoms with Crippen molar-refractivity contribution in [2.45, 2.75) is 87.9 Å². The maximum Gasteiger partial charge on any atom is 0.325 e. The van der Waals surface area contributed by atoms with Gasteiger partial charge in [0.1, 0.15) is 36.5 Å². The molecule has 1 aliphatic rings. The molecule has 0 aliphatic carbocycles. The lowest BCUT2D eigenvalue weighted by molar-refractivity contribution is -0.358. The van der Waals surface area contributed by atoms with E-state index in [9.17, 15) is 34.8 Å². The van der Waals surface area contributed by atoms with Gasteiger partial charge in [-0.15, -0.1) is 0 Å². The van der Waals surface area contributed by atoms with Crippen LogP contribution in [0.25, 0.3) is 0 Å². The van der Waals surface area contributed by atoms with Crippen molar-refractivity contribution in [2.24, 2.45) is 5.73 Å². The molecule has 8 unspecified atom stereocenters. The van der Waals surface area contributed by atoms with Crippen LogP contribution in [0.1, 0.15) is 39.5 Å². The number of hydrogen-bond donors (Lipinski definition) is 9. The van der Waals surface area contributed by atoms with Crippen molar-refractivity contribution < 1.29 is 49.4 Å². The molecule has 14 nitrogen and oxygen atoms in total. The first kappa shape index (κ1) is 31.1. The zero-order valence-corrected chi connectivity index (χ0v) is 20.3. The molecule has 0 aromatic carbocycles. The van der Waals surface area contributed by atoms with Crippen molar-refractivity contribution in [2.75, 3.05) is 26.8 Å². The van der Waals surface area contributed by atoms with E-state index >= 15 is 0 Å². The lowest BCUT2D eigenvalue weighted by Gasteiger charge is -2.47. The standard InChI is InChI=1S/C21H40N4O10/c1-11(18(30)25-12(2)20(32)33)24-19(31)13(22)6-4-5-8-23-9-7-21(34-3)17(29)16(28)15(27)14(10-26)35-21/h11-17,23,26-29H,4-10,22H2,1-3H3,(H,24,31)(H,25,30)(H,32,33). The molecule has 1 saturated heterocycles. The van der Waals surface area contributed by atoms with Crippen LogP contribution in [-0.4, -0.2) is 118 Å². The molecule has 0 aromatic rings. The molecular weight excluding hydrogens is 468 g/mol. The molecule has 0 spiro atoms. The summed E-state index contributed by atoms with van der Waals surface area (Å²) < 4.78 is 10.8. The number of aliphatic hydroxyl groups excluding tert-OH is 4. The molecule has 0 saturated carbocycles. The first-order valence-electron chi connectivity index (χ1n) is 11.6. The van der Waals surface area contributed by atoms with Gasteiger partial charge in [0, 0.05) is 20.1 Å². The first-order chi connectivity index (χ1) is 16.4. The number of methoxy groups -OCH3 is 1. The number of unbranched alkanes of at least 4 members (excludes halogenated alkanes) is 1. The van der Waals surface area contributed by atoms with Gasteiger partial charge in [-0.1, -0.05) is 6.42 Å². The van der Waals surface area contributed by atoms with E-state index in [1.54, 1.807) is 0 Å². The van der Waals surface area contributed by atoms with E-state index in [1.165, 1.54) is 21.0 Å². The summed E-state index contributed by atoms with van der Waals surface area (Å²) in [4.78, 5) is 34.9. The number of ether oxygens (including phenoxy) is 2. The molecule has 10 N–H and O–H groups in total. The second-order valence-corrected chi connectivity index (χ2v) is 8.68. The predicted molar refractivity (Wildman–Crippen MR) is 122 cm³/mol. The van der Waals surface area contributed by atoms with Crippen LogP contribution < -0.4 is 21.7 Å². The van der Waals surface area contributed by atoms with E-state index in [0.717, 1.165) is 0 Å². The highest BCUT2D eigenvalue weighted by Crippen LogP contribution is 2.33. The van der Waals surface area contributed by atoms with Crippen LogP contribution in [0.5, 0.6) is 0 Å². The summed E-state index contributed by atoms with van der Waals surface area (Å²) in [5, 5.41) is 56.3. The summed E-state index contributed by atoms with van der Waals surface area (Å²) >= 11 is 0. The highest BCUT2D eigenvalue weighted by molar-refractivity contribution is 5.91. The third-order valence-corrected chi connectivity index (χ3v) is 5.97. The van der Waals surface area contributed by atoms with E-state index in [2.05, 4.69) is 16.0 Å². The van der Waals surface area contributed by atoms with Gasteiger partial charge in [0.2, 0.25) is 11.8 Å². The molecular formula is C21H40N4O10. The van der Waals surface area contributed by atoms with Gasteiger partial charge >= 0.3 is 5.97 Å². The van der Waals surface area contributed by atoms with Crippen molar-refractivity contribution >= 4 is 17.8 Å². The van der Waals surface area contributed by atoms with E-state index in [4.69, 9.17) is 20.3 Å². The largest absolute Gasteiger partial charge is 0.480 e. The van der Waals surface area contributed by atoms with Crippen LogP contribution in [0.4, 0.5) is 0 Å². The summed E-state index contributed by atoms with van der Waals surface area (Å²) in [7, 11) is 1.30. The normalized spacial score (nSPS) is 29.1. The van der Waals surface area contributed by atoms with Gasteiger partial charge < -0.3 is 56.7 Å². The summed E-state index contributed by atoms with van der Waals surface area (Å²) in [6, 6.07) is -2.86. The minimum atomic E-state index is -1.59. The maximum atomic E-state index is 12.2. The molecule has 204 valence electrons. The topological polar surface area (TPSA) is 233 Å². The molecule has 0 bridgehead atoms. The van der Waals surface area contributed by atoms with Gasteiger partial charge in [-0.3, -0.25) is 14.4 Å². The van der Waals surface area contributed by atoms with Crippen molar-refractivity contribution in [1.82, 2.24) is 16.0 Å². The van der Waals surface area contributed by atoms with Gasteiger partial charge in [0.15, 0.2) is 5.79 Å². The van der Waals surface area contributed by atoms with Crippen molar-refractivity contribution in [3.05, 3.63) is 0 Å². The molecule has 2 amide bonds. The van der Waals surface area contributed by atoms with Gasteiger partial charge in [-0.05, 0) is 33.2 Å². The highest BCUT2D eigenvalue weighted by atomic mass is 16.7. The average molecular weight is 509 g/mol. The van der Waals surface area contributed by atoms with Crippen LogP contribution in [0.2, 0.25) is 0 Å². The number of nitrogens with one attached hydrogen (secondary N) is 3. The molecule has 1 aliphatic heterocycles. The molecule has 1 heterocycles. The molecule has 1 rings (SSSR count). The number of carboxylic acids is 1. The summed E-state index contributed by atoms with van der Waals surface area (Å²) in [5.41, 5.74) is 5.87. The Morgan fingerprint density at radius 3 is 2.23 bits per heavy atom.